The van der Waals surface area contributed by atoms with Gasteiger partial charge in [-0.15, -0.1) is 23.1 Å². The molecule has 0 radical (unpaired) electrons. The number of hydrogen-bond donors (Lipinski definition) is 3. The number of anilines is 2. The van der Waals surface area contributed by atoms with Crippen LogP contribution in [0.2, 0.25) is 0 Å². The Bertz CT molecular complexity index is 1630. The van der Waals surface area contributed by atoms with Crippen LogP contribution in [0.3, 0.4) is 0 Å². The van der Waals surface area contributed by atoms with Crippen molar-refractivity contribution in [1.29, 1.82) is 0 Å². The molecule has 20 heteroatoms. The van der Waals surface area contributed by atoms with Crippen LogP contribution in [0.5, 0.6) is 0 Å². The van der Waals surface area contributed by atoms with Crippen LogP contribution in [0.15, 0.2) is 51.9 Å². The van der Waals surface area contributed by atoms with E-state index >= 15 is 0 Å². The molecule has 2 atom stereocenters. The highest BCUT2D eigenvalue weighted by Gasteiger charge is 2.55. The number of nitrogens with zero attached hydrogens (tertiary/aromatic N) is 6. The van der Waals surface area contributed by atoms with Crippen LogP contribution in [-0.4, -0.2) is 90.3 Å². The molecule has 5 rings (SSSR count). The number of aromatic nitrogens is 3. The minimum absolute atomic E-state index is 0.0610. The maximum atomic E-state index is 13.2. The molecular formula is C23H17F3N8O7S2. The summed E-state index contributed by atoms with van der Waals surface area (Å²) in [7, 11) is 0. The van der Waals surface area contributed by atoms with E-state index in [1.807, 2.05) is 0 Å². The van der Waals surface area contributed by atoms with E-state index in [1.165, 1.54) is 28.7 Å². The molecule has 2 aromatic rings. The van der Waals surface area contributed by atoms with Crippen molar-refractivity contribution in [2.24, 2.45) is 5.16 Å². The van der Waals surface area contributed by atoms with E-state index in [2.05, 4.69) is 30.2 Å². The summed E-state index contributed by atoms with van der Waals surface area (Å²) in [5.41, 5.74) is 4.27. The van der Waals surface area contributed by atoms with Crippen LogP contribution in [-0.2, 0) is 28.7 Å². The third-order valence-corrected chi connectivity index (χ3v) is 8.22. The molecule has 2 saturated heterocycles. The zero-order valence-electron chi connectivity index (χ0n) is 21.3. The van der Waals surface area contributed by atoms with E-state index in [-0.39, 0.29) is 46.6 Å². The molecule has 2 aromatic heterocycles. The lowest BCUT2D eigenvalue weighted by Gasteiger charge is -2.49. The predicted octanol–water partition coefficient (Wildman–Crippen LogP) is 0.343. The van der Waals surface area contributed by atoms with Crippen LogP contribution < -0.4 is 16.0 Å². The summed E-state index contributed by atoms with van der Waals surface area (Å²) in [6.45, 7) is 0.167. The summed E-state index contributed by atoms with van der Waals surface area (Å²) in [4.78, 5) is 77.2. The zero-order chi connectivity index (χ0) is 31.1. The van der Waals surface area contributed by atoms with Gasteiger partial charge in [-0.2, -0.15) is 13.2 Å². The monoisotopic (exact) mass is 638 g/mol. The Hall–Kier alpha value is -4.85. The van der Waals surface area contributed by atoms with E-state index in [9.17, 15) is 42.4 Å². The first kappa shape index (κ1) is 29.6. The summed E-state index contributed by atoms with van der Waals surface area (Å²) < 4.78 is 42.7. The van der Waals surface area contributed by atoms with Gasteiger partial charge in [0.05, 0.1) is 0 Å². The van der Waals surface area contributed by atoms with Crippen LogP contribution in [0.1, 0.15) is 12.1 Å². The molecule has 0 saturated carbocycles. The van der Waals surface area contributed by atoms with Gasteiger partial charge in [0.25, 0.3) is 17.7 Å². The smallest absolute Gasteiger partial charge is 0.410 e. The average Bonchev–Trinajstić information content (AvgIpc) is 3.56. The molecule has 4 N–H and O–H groups in total. The number of halogens is 3. The normalized spacial score (nSPS) is 21.6. The van der Waals surface area contributed by atoms with Crippen molar-refractivity contribution in [1.82, 2.24) is 25.2 Å². The standard InChI is InChI=1S/C23H17F3N8O7S2/c24-23(25,26)20(39)41-19(38)14-10(6-9-2-5-33(16(9)36)22-28-3-1-4-29-22)7-42-18-13(17(37)34(14)18)31-15(35)12(32-40)11-8-43-21(27)30-11/h1,3-4,6,8,13,18,40H,2,5,7H2,(H2,27,30)(H,31,35)/b9-6+,32-12-/t13-,18-/m1/s1. The second kappa shape index (κ2) is 11.4. The van der Waals surface area contributed by atoms with Crippen molar-refractivity contribution in [3.63, 3.8) is 0 Å². The van der Waals surface area contributed by atoms with Gasteiger partial charge in [-0.05, 0) is 24.1 Å². The summed E-state index contributed by atoms with van der Waals surface area (Å²) >= 11 is 1.96. The van der Waals surface area contributed by atoms with E-state index < -0.39 is 58.7 Å². The molecule has 0 unspecified atom stereocenters. The molecule has 2 fully saturated rings. The third-order valence-electron chi connectivity index (χ3n) is 6.24. The second-order valence-corrected chi connectivity index (χ2v) is 10.8. The van der Waals surface area contributed by atoms with E-state index in [4.69, 9.17) is 5.73 Å². The Morgan fingerprint density at radius 3 is 2.58 bits per heavy atom. The van der Waals surface area contributed by atoms with Gasteiger partial charge in [0.2, 0.25) is 5.95 Å². The Kier molecular flexibility index (Phi) is 7.88. The summed E-state index contributed by atoms with van der Waals surface area (Å²) in [5, 5.41) is 14.9. The Balaban J connectivity index is 1.43. The fourth-order valence-corrected chi connectivity index (χ4v) is 6.19. The Labute approximate surface area is 246 Å². The lowest BCUT2D eigenvalue weighted by molar-refractivity contribution is -0.201. The van der Waals surface area contributed by atoms with Crippen molar-refractivity contribution >= 4 is 69.6 Å². The minimum Gasteiger partial charge on any atom is -0.410 e. The number of ether oxygens (including phenoxy) is 1. The zero-order valence-corrected chi connectivity index (χ0v) is 22.9. The third kappa shape index (κ3) is 5.65. The van der Waals surface area contributed by atoms with Gasteiger partial charge in [-0.3, -0.25) is 24.2 Å². The van der Waals surface area contributed by atoms with Gasteiger partial charge in [-0.1, -0.05) is 5.16 Å². The fraction of sp³-hybridized carbons (Fsp3) is 0.261. The topological polar surface area (TPSA) is 210 Å². The van der Waals surface area contributed by atoms with Gasteiger partial charge in [0.15, 0.2) is 10.8 Å². The summed E-state index contributed by atoms with van der Waals surface area (Å²) in [6.07, 6.45) is -1.27. The van der Waals surface area contributed by atoms with E-state index in [0.29, 0.717) is 0 Å². The number of nitrogens with one attached hydrogen (secondary N) is 1. The van der Waals surface area contributed by atoms with Crippen LogP contribution in [0.4, 0.5) is 24.3 Å². The number of hydrogen-bond acceptors (Lipinski definition) is 14. The molecule has 15 nitrogen and oxygen atoms in total. The predicted molar refractivity (Wildman–Crippen MR) is 141 cm³/mol. The van der Waals surface area contributed by atoms with Crippen molar-refractivity contribution in [2.75, 3.05) is 22.9 Å². The molecular weight excluding hydrogens is 621 g/mol. The molecule has 43 heavy (non-hydrogen) atoms. The van der Waals surface area contributed by atoms with Crippen LogP contribution in [0, 0.1) is 0 Å². The van der Waals surface area contributed by atoms with Gasteiger partial charge >= 0.3 is 18.1 Å². The van der Waals surface area contributed by atoms with E-state index in [0.717, 1.165) is 28.0 Å². The van der Waals surface area contributed by atoms with Gasteiger partial charge in [0.1, 0.15) is 22.8 Å². The van der Waals surface area contributed by atoms with Crippen molar-refractivity contribution in [2.45, 2.75) is 24.0 Å². The lowest BCUT2D eigenvalue weighted by Crippen LogP contribution is -2.71. The largest absolute Gasteiger partial charge is 0.491 e. The highest BCUT2D eigenvalue weighted by atomic mass is 32.2. The lowest BCUT2D eigenvalue weighted by atomic mass is 10.0. The first-order chi connectivity index (χ1) is 20.4. The second-order valence-electron chi connectivity index (χ2n) is 8.85. The number of β-lactam (4-membered cyclic amide) rings is 1. The maximum Gasteiger partial charge on any atom is 0.491 e. The minimum atomic E-state index is -5.51. The number of rotatable bonds is 6. The molecule has 224 valence electrons. The Morgan fingerprint density at radius 2 is 1.95 bits per heavy atom. The summed E-state index contributed by atoms with van der Waals surface area (Å²) in [5.74, 6) is -7.11. The fourth-order valence-electron chi connectivity index (χ4n) is 4.33. The van der Waals surface area contributed by atoms with Gasteiger partial charge < -0.3 is 21.0 Å². The number of carbonyl (C=O) groups is 5. The number of thioether (sulfide) groups is 1. The summed E-state index contributed by atoms with van der Waals surface area (Å²) in [6, 6.07) is 0.229. The van der Waals surface area contributed by atoms with Crippen LogP contribution >= 0.6 is 23.1 Å². The maximum absolute atomic E-state index is 13.2. The van der Waals surface area contributed by atoms with Crippen molar-refractivity contribution < 1.29 is 47.1 Å². The van der Waals surface area contributed by atoms with E-state index in [1.54, 1.807) is 6.07 Å². The molecule has 0 aliphatic carbocycles. The average molecular weight is 639 g/mol. The van der Waals surface area contributed by atoms with Crippen LogP contribution in [0.25, 0.3) is 0 Å². The first-order valence-corrected chi connectivity index (χ1v) is 13.9. The quantitative estimate of drug-likeness (QED) is 0.0744. The highest BCUT2D eigenvalue weighted by molar-refractivity contribution is 8.00. The van der Waals surface area contributed by atoms with Gasteiger partial charge in [-0.25, -0.2) is 24.5 Å². The Morgan fingerprint density at radius 1 is 1.23 bits per heavy atom. The number of allylic oxidation sites excluding steroid dienone is 1. The SMILES string of the molecule is Nc1nc(/C(=N/O)C(=O)N[C@@H]2C(=O)N3C(C(=O)OC(=O)C(F)(F)F)=C(/C=C4\CCN(c5ncccn5)C4=O)CS[C@H]23)cs1. The number of fused-ring (bicyclic) bond motifs is 1. The molecule has 3 amide bonds. The van der Waals surface area contributed by atoms with Crippen molar-refractivity contribution in [3.05, 3.63) is 52.5 Å². The number of thiazole rings is 1. The number of esters is 2. The molecule has 0 aromatic carbocycles. The molecule has 3 aliphatic rings. The number of carbonyl (C=O) groups excluding carboxylic acids is 5. The number of oxime groups is 1. The first-order valence-electron chi connectivity index (χ1n) is 12.0. The number of amides is 3. The molecule has 0 bridgehead atoms. The highest BCUT2D eigenvalue weighted by Crippen LogP contribution is 2.42. The molecule has 0 spiro atoms. The number of nitrogen functional groups attached to an aromatic ring is 1. The van der Waals surface area contributed by atoms with Gasteiger partial charge in [0, 0.05) is 35.6 Å². The molecule has 3 aliphatic heterocycles. The molecule has 5 heterocycles. The van der Waals surface area contributed by atoms with Crippen molar-refractivity contribution in [3.8, 4) is 0 Å². The number of nitrogens with two attached hydrogens (primary N) is 1. The number of alkyl halides is 3.